The second kappa shape index (κ2) is 5.33. The maximum absolute atomic E-state index is 12.3. The number of hydrazone groups is 1. The van der Waals surface area contributed by atoms with E-state index in [1.54, 1.807) is 0 Å². The van der Waals surface area contributed by atoms with Crippen LogP contribution in [0.25, 0.3) is 11.0 Å². The predicted octanol–water partition coefficient (Wildman–Crippen LogP) is 3.05. The average Bonchev–Trinajstić information content (AvgIpc) is 3.05. The Bertz CT molecular complexity index is 846. The molecule has 1 N–H and O–H groups in total. The minimum absolute atomic E-state index is 0.169. The second-order valence-corrected chi connectivity index (χ2v) is 6.29. The first-order chi connectivity index (χ1) is 11.2. The van der Waals surface area contributed by atoms with Crippen LogP contribution in [0.3, 0.4) is 0 Å². The summed E-state index contributed by atoms with van der Waals surface area (Å²) in [6.45, 7) is 4.95. The molecule has 5 nitrogen and oxygen atoms in total. The van der Waals surface area contributed by atoms with Crippen LogP contribution in [-0.2, 0) is 6.54 Å². The molecule has 0 spiro atoms. The summed E-state index contributed by atoms with van der Waals surface area (Å²) in [7, 11) is 0. The van der Waals surface area contributed by atoms with Gasteiger partial charge < -0.3 is 4.57 Å². The van der Waals surface area contributed by atoms with Crippen molar-refractivity contribution >= 4 is 22.7 Å². The number of aromatic nitrogens is 2. The minimum Gasteiger partial charge on any atom is -0.329 e. The number of benzene rings is 1. The van der Waals surface area contributed by atoms with E-state index in [-0.39, 0.29) is 5.91 Å². The van der Waals surface area contributed by atoms with Crippen molar-refractivity contribution in [1.29, 1.82) is 0 Å². The number of amides is 1. The molecule has 0 aliphatic heterocycles. The number of aryl methyl sites for hydroxylation is 2. The fourth-order valence-corrected chi connectivity index (χ4v) is 3.64. The van der Waals surface area contributed by atoms with E-state index in [0.29, 0.717) is 17.4 Å². The Morgan fingerprint density at radius 3 is 3.13 bits per heavy atom. The molecule has 1 heterocycles. The highest BCUT2D eigenvalue weighted by atomic mass is 16.2. The topological polar surface area (TPSA) is 59.3 Å². The van der Waals surface area contributed by atoms with Crippen LogP contribution in [0, 0.1) is 18.8 Å². The molecule has 0 saturated heterocycles. The van der Waals surface area contributed by atoms with Crippen LogP contribution in [-0.4, -0.2) is 21.2 Å². The molecule has 5 heteroatoms. The van der Waals surface area contributed by atoms with E-state index >= 15 is 0 Å². The zero-order chi connectivity index (χ0) is 16.0. The highest BCUT2D eigenvalue weighted by molar-refractivity contribution is 5.99. The number of imidazole rings is 1. The standard InChI is InChI=1S/C18H20N4O/c1-3-22-11(2)19-16-10-13(7-8-17(16)22)18(23)21-20-15-9-12-5-4-6-14(12)15/h4-5,7-8,10,12,14H,3,6,9H2,1-2H3,(H,21,23)/b20-15-/t12-,14+/m0/s1. The van der Waals surface area contributed by atoms with Gasteiger partial charge in [-0.3, -0.25) is 4.79 Å². The summed E-state index contributed by atoms with van der Waals surface area (Å²) in [6.07, 6.45) is 6.49. The van der Waals surface area contributed by atoms with Crippen LogP contribution in [0.2, 0.25) is 0 Å². The molecule has 23 heavy (non-hydrogen) atoms. The molecule has 2 aromatic rings. The van der Waals surface area contributed by atoms with Crippen molar-refractivity contribution in [3.05, 3.63) is 41.7 Å². The van der Waals surface area contributed by atoms with E-state index in [2.05, 4.69) is 39.2 Å². The van der Waals surface area contributed by atoms with Gasteiger partial charge in [0.15, 0.2) is 0 Å². The van der Waals surface area contributed by atoms with Crippen LogP contribution in [0.5, 0.6) is 0 Å². The normalized spacial score (nSPS) is 24.0. The van der Waals surface area contributed by atoms with E-state index < -0.39 is 0 Å². The molecule has 0 bridgehead atoms. The number of nitrogens with zero attached hydrogens (tertiary/aromatic N) is 3. The summed E-state index contributed by atoms with van der Waals surface area (Å²) in [4.78, 5) is 16.8. The monoisotopic (exact) mass is 308 g/mol. The molecule has 0 radical (unpaired) electrons. The lowest BCUT2D eigenvalue weighted by Crippen LogP contribution is -2.35. The number of hydrogen-bond acceptors (Lipinski definition) is 3. The first-order valence-electron chi connectivity index (χ1n) is 8.17. The van der Waals surface area contributed by atoms with E-state index in [1.165, 1.54) is 0 Å². The summed E-state index contributed by atoms with van der Waals surface area (Å²) >= 11 is 0. The summed E-state index contributed by atoms with van der Waals surface area (Å²) in [5.41, 5.74) is 6.33. The smallest absolute Gasteiger partial charge is 0.271 e. The van der Waals surface area contributed by atoms with Gasteiger partial charge in [-0.1, -0.05) is 12.2 Å². The third kappa shape index (κ3) is 2.27. The quantitative estimate of drug-likeness (QED) is 0.700. The molecule has 2 aliphatic carbocycles. The molecule has 0 unspecified atom stereocenters. The third-order valence-electron chi connectivity index (χ3n) is 4.98. The van der Waals surface area contributed by atoms with Gasteiger partial charge in [-0.25, -0.2) is 10.4 Å². The van der Waals surface area contributed by atoms with Gasteiger partial charge in [-0.15, -0.1) is 0 Å². The number of rotatable bonds is 3. The van der Waals surface area contributed by atoms with Gasteiger partial charge in [0, 0.05) is 23.7 Å². The summed E-state index contributed by atoms with van der Waals surface area (Å²) in [6, 6.07) is 5.64. The first-order valence-corrected chi connectivity index (χ1v) is 8.17. The number of carbonyl (C=O) groups is 1. The van der Waals surface area contributed by atoms with Gasteiger partial charge >= 0.3 is 0 Å². The molecule has 1 amide bonds. The first kappa shape index (κ1) is 14.2. The lowest BCUT2D eigenvalue weighted by atomic mass is 9.74. The highest BCUT2D eigenvalue weighted by Gasteiger charge is 2.38. The number of carbonyl (C=O) groups excluding carboxylic acids is 1. The zero-order valence-electron chi connectivity index (χ0n) is 13.4. The molecule has 2 aliphatic rings. The molecule has 4 rings (SSSR count). The summed E-state index contributed by atoms with van der Waals surface area (Å²) < 4.78 is 2.14. The maximum atomic E-state index is 12.3. The maximum Gasteiger partial charge on any atom is 0.271 e. The van der Waals surface area contributed by atoms with Crippen molar-refractivity contribution < 1.29 is 4.79 Å². The Morgan fingerprint density at radius 1 is 1.48 bits per heavy atom. The number of allylic oxidation sites excluding steroid dienone is 2. The molecule has 2 atom stereocenters. The SMILES string of the molecule is CCn1c(C)nc2cc(C(=O)N/N=C3/C[C@@H]4C=CC[C@@H]34)ccc21. The second-order valence-electron chi connectivity index (χ2n) is 6.29. The van der Waals surface area contributed by atoms with Gasteiger partial charge in [0.2, 0.25) is 0 Å². The van der Waals surface area contributed by atoms with Gasteiger partial charge in [0.05, 0.1) is 11.0 Å². The molecule has 1 aromatic carbocycles. The molecular weight excluding hydrogens is 288 g/mol. The lowest BCUT2D eigenvalue weighted by Gasteiger charge is -2.31. The van der Waals surface area contributed by atoms with Crippen molar-refractivity contribution in [1.82, 2.24) is 15.0 Å². The van der Waals surface area contributed by atoms with Crippen LogP contribution in [0.1, 0.15) is 35.9 Å². The van der Waals surface area contributed by atoms with Gasteiger partial charge in [-0.2, -0.15) is 5.10 Å². The number of hydrogen-bond donors (Lipinski definition) is 1. The lowest BCUT2D eigenvalue weighted by molar-refractivity contribution is 0.0954. The van der Waals surface area contributed by atoms with E-state index in [4.69, 9.17) is 0 Å². The van der Waals surface area contributed by atoms with Crippen molar-refractivity contribution in [3.8, 4) is 0 Å². The Balaban J connectivity index is 1.52. The van der Waals surface area contributed by atoms with Crippen LogP contribution in [0.15, 0.2) is 35.5 Å². The average molecular weight is 308 g/mol. The molecule has 1 fully saturated rings. The molecule has 118 valence electrons. The minimum atomic E-state index is -0.169. The zero-order valence-corrected chi connectivity index (χ0v) is 13.4. The largest absolute Gasteiger partial charge is 0.329 e. The fraction of sp³-hybridized carbons (Fsp3) is 0.389. The Labute approximate surface area is 135 Å². The summed E-state index contributed by atoms with van der Waals surface area (Å²) in [5.74, 6) is 1.95. The fourth-order valence-electron chi connectivity index (χ4n) is 3.64. The Kier molecular flexibility index (Phi) is 3.29. The van der Waals surface area contributed by atoms with Crippen molar-refractivity contribution in [3.63, 3.8) is 0 Å². The van der Waals surface area contributed by atoms with Crippen molar-refractivity contribution in [2.75, 3.05) is 0 Å². The van der Waals surface area contributed by atoms with Gasteiger partial charge in [-0.05, 0) is 50.8 Å². The van der Waals surface area contributed by atoms with E-state index in [1.807, 2.05) is 25.1 Å². The Morgan fingerprint density at radius 2 is 2.35 bits per heavy atom. The predicted molar refractivity (Wildman–Crippen MR) is 90.4 cm³/mol. The van der Waals surface area contributed by atoms with Crippen molar-refractivity contribution in [2.45, 2.75) is 33.2 Å². The number of nitrogens with one attached hydrogen (secondary N) is 1. The molecule has 1 saturated carbocycles. The molecular formula is C18H20N4O. The van der Waals surface area contributed by atoms with Gasteiger partial charge in [0.25, 0.3) is 5.91 Å². The van der Waals surface area contributed by atoms with Crippen LogP contribution < -0.4 is 5.43 Å². The Hall–Kier alpha value is -2.43. The summed E-state index contributed by atoms with van der Waals surface area (Å²) in [5, 5.41) is 4.32. The molecule has 1 aromatic heterocycles. The van der Waals surface area contributed by atoms with Crippen LogP contribution in [0.4, 0.5) is 0 Å². The van der Waals surface area contributed by atoms with E-state index in [0.717, 1.165) is 42.0 Å². The third-order valence-corrected chi connectivity index (χ3v) is 4.98. The number of fused-ring (bicyclic) bond motifs is 2. The van der Waals surface area contributed by atoms with Gasteiger partial charge in [0.1, 0.15) is 5.82 Å². The van der Waals surface area contributed by atoms with Crippen molar-refractivity contribution in [2.24, 2.45) is 16.9 Å². The van der Waals surface area contributed by atoms with E-state index in [9.17, 15) is 4.79 Å². The highest BCUT2D eigenvalue weighted by Crippen LogP contribution is 2.40. The van der Waals surface area contributed by atoms with Crippen LogP contribution >= 0.6 is 0 Å².